The van der Waals surface area contributed by atoms with Crippen molar-refractivity contribution in [3.8, 4) is 0 Å². The van der Waals surface area contributed by atoms with Crippen LogP contribution in [-0.4, -0.2) is 40.9 Å². The third-order valence-corrected chi connectivity index (χ3v) is 2.89. The molecule has 6 nitrogen and oxygen atoms in total. The van der Waals surface area contributed by atoms with Crippen LogP contribution in [0.5, 0.6) is 0 Å². The normalized spacial score (nSPS) is 11.7. The Morgan fingerprint density at radius 2 is 1.80 bits per heavy atom. The van der Waals surface area contributed by atoms with E-state index in [1.54, 1.807) is 24.3 Å². The van der Waals surface area contributed by atoms with Crippen molar-refractivity contribution in [1.82, 2.24) is 4.90 Å². The van der Waals surface area contributed by atoms with Crippen molar-refractivity contribution in [1.29, 1.82) is 0 Å². The molecule has 1 atom stereocenters. The lowest BCUT2D eigenvalue weighted by molar-refractivity contribution is -0.146. The molecule has 3 N–H and O–H groups in total. The number of carbonyl (C=O) groups excluding carboxylic acids is 2. The maximum atomic E-state index is 12.4. The largest absolute Gasteiger partial charge is 0.480 e. The van der Waals surface area contributed by atoms with Crippen molar-refractivity contribution in [3.05, 3.63) is 35.9 Å². The highest BCUT2D eigenvalue weighted by atomic mass is 16.4. The lowest BCUT2D eigenvalue weighted by atomic mass is 9.95. The maximum Gasteiger partial charge on any atom is 0.323 e. The Kier molecular flexibility index (Phi) is 5.71. The molecule has 0 aliphatic rings. The second-order valence-corrected chi connectivity index (χ2v) is 4.43. The number of primary amides is 1. The van der Waals surface area contributed by atoms with Gasteiger partial charge in [-0.1, -0.05) is 37.3 Å². The Morgan fingerprint density at radius 3 is 2.25 bits per heavy atom. The van der Waals surface area contributed by atoms with E-state index in [-0.39, 0.29) is 0 Å². The fourth-order valence-electron chi connectivity index (χ4n) is 2.02. The zero-order valence-corrected chi connectivity index (χ0v) is 11.3. The second-order valence-electron chi connectivity index (χ2n) is 4.43. The van der Waals surface area contributed by atoms with Crippen molar-refractivity contribution in [2.45, 2.75) is 19.3 Å². The molecule has 0 aromatic heterocycles. The van der Waals surface area contributed by atoms with Gasteiger partial charge in [-0.05, 0) is 12.0 Å². The molecule has 0 aliphatic heterocycles. The van der Waals surface area contributed by atoms with Gasteiger partial charge in [-0.15, -0.1) is 0 Å². The fraction of sp³-hybridized carbons (Fsp3) is 0.357. The molecule has 0 spiro atoms. The Morgan fingerprint density at radius 1 is 1.20 bits per heavy atom. The third kappa shape index (κ3) is 4.38. The van der Waals surface area contributed by atoms with Crippen LogP contribution in [0.4, 0.5) is 0 Å². The highest BCUT2D eigenvalue weighted by Gasteiger charge is 2.26. The molecule has 108 valence electrons. The molecule has 2 amide bonds. The standard InChI is InChI=1S/C14H18N2O4/c1-2-11(10-6-4-3-5-7-10)14(20)16(8-12(15)17)9-13(18)19/h3-7,11H,2,8-9H2,1H3,(H2,15,17)(H,18,19). The van der Waals surface area contributed by atoms with E-state index in [9.17, 15) is 14.4 Å². The molecule has 1 unspecified atom stereocenters. The van der Waals surface area contributed by atoms with Gasteiger partial charge in [-0.2, -0.15) is 0 Å². The summed E-state index contributed by atoms with van der Waals surface area (Å²) in [5.74, 6) is -2.79. The maximum absolute atomic E-state index is 12.4. The van der Waals surface area contributed by atoms with E-state index in [1.165, 1.54) is 0 Å². The number of nitrogens with zero attached hydrogens (tertiary/aromatic N) is 1. The van der Waals surface area contributed by atoms with Crippen LogP contribution in [0.25, 0.3) is 0 Å². The topological polar surface area (TPSA) is 101 Å². The number of carbonyl (C=O) groups is 3. The summed E-state index contributed by atoms with van der Waals surface area (Å²) in [6.07, 6.45) is 0.512. The summed E-state index contributed by atoms with van der Waals surface area (Å²) in [7, 11) is 0. The average molecular weight is 278 g/mol. The lowest BCUT2D eigenvalue weighted by Crippen LogP contribution is -2.43. The minimum absolute atomic E-state index is 0.394. The number of carboxylic acids is 1. The van der Waals surface area contributed by atoms with E-state index < -0.39 is 36.8 Å². The number of nitrogens with two attached hydrogens (primary N) is 1. The van der Waals surface area contributed by atoms with Gasteiger partial charge < -0.3 is 15.7 Å². The Labute approximate surface area is 117 Å². The first-order valence-electron chi connectivity index (χ1n) is 6.29. The number of rotatable bonds is 7. The van der Waals surface area contributed by atoms with Crippen molar-refractivity contribution in [2.75, 3.05) is 13.1 Å². The average Bonchev–Trinajstić information content (AvgIpc) is 2.39. The molecule has 0 bridgehead atoms. The van der Waals surface area contributed by atoms with E-state index in [4.69, 9.17) is 10.8 Å². The van der Waals surface area contributed by atoms with Crippen LogP contribution >= 0.6 is 0 Å². The van der Waals surface area contributed by atoms with Crippen LogP contribution in [-0.2, 0) is 14.4 Å². The van der Waals surface area contributed by atoms with Gasteiger partial charge in [0.15, 0.2) is 0 Å². The highest BCUT2D eigenvalue weighted by Crippen LogP contribution is 2.21. The first kappa shape index (κ1) is 15.7. The van der Waals surface area contributed by atoms with Crippen LogP contribution in [0.3, 0.4) is 0 Å². The van der Waals surface area contributed by atoms with Gasteiger partial charge in [0.05, 0.1) is 12.5 Å². The zero-order valence-electron chi connectivity index (χ0n) is 11.3. The van der Waals surface area contributed by atoms with Crippen LogP contribution < -0.4 is 5.73 Å². The van der Waals surface area contributed by atoms with E-state index >= 15 is 0 Å². The van der Waals surface area contributed by atoms with Crippen LogP contribution in [0.1, 0.15) is 24.8 Å². The first-order valence-corrected chi connectivity index (χ1v) is 6.29. The minimum atomic E-state index is -1.18. The number of carboxylic acid groups (broad SMARTS) is 1. The van der Waals surface area contributed by atoms with Crippen LogP contribution in [0.15, 0.2) is 30.3 Å². The predicted octanol–water partition coefficient (Wildman–Crippen LogP) is 0.579. The number of amides is 2. The summed E-state index contributed by atoms with van der Waals surface area (Å²) in [6.45, 7) is 0.901. The van der Waals surface area contributed by atoms with Crippen molar-refractivity contribution >= 4 is 17.8 Å². The van der Waals surface area contributed by atoms with Gasteiger partial charge in [0, 0.05) is 0 Å². The van der Waals surface area contributed by atoms with Gasteiger partial charge in [0.2, 0.25) is 11.8 Å². The summed E-state index contributed by atoms with van der Waals surface area (Å²) in [6, 6.07) is 9.05. The van der Waals surface area contributed by atoms with Gasteiger partial charge in [0.1, 0.15) is 6.54 Å². The van der Waals surface area contributed by atoms with Gasteiger partial charge in [-0.25, -0.2) is 0 Å². The molecule has 20 heavy (non-hydrogen) atoms. The number of benzene rings is 1. The molecular formula is C14H18N2O4. The van der Waals surface area contributed by atoms with Crippen LogP contribution in [0.2, 0.25) is 0 Å². The molecule has 1 aromatic rings. The van der Waals surface area contributed by atoms with E-state index in [0.717, 1.165) is 10.5 Å². The number of aliphatic carboxylic acids is 1. The molecule has 1 aromatic carbocycles. The smallest absolute Gasteiger partial charge is 0.323 e. The SMILES string of the molecule is CCC(C(=O)N(CC(N)=O)CC(=O)O)c1ccccc1. The molecular weight excluding hydrogens is 260 g/mol. The molecule has 0 fully saturated rings. The lowest BCUT2D eigenvalue weighted by Gasteiger charge is -2.24. The number of hydrogen-bond donors (Lipinski definition) is 2. The monoisotopic (exact) mass is 278 g/mol. The Hall–Kier alpha value is -2.37. The van der Waals surface area contributed by atoms with Crippen molar-refractivity contribution < 1.29 is 19.5 Å². The van der Waals surface area contributed by atoms with Gasteiger partial charge in [-0.3, -0.25) is 14.4 Å². The highest BCUT2D eigenvalue weighted by molar-refractivity contribution is 5.90. The van der Waals surface area contributed by atoms with Gasteiger partial charge >= 0.3 is 5.97 Å². The fourth-order valence-corrected chi connectivity index (χ4v) is 2.02. The Bertz CT molecular complexity index is 471. The first-order chi connectivity index (χ1) is 9.45. The summed E-state index contributed by atoms with van der Waals surface area (Å²) in [5, 5.41) is 8.82. The van der Waals surface area contributed by atoms with Crippen molar-refractivity contribution in [2.24, 2.45) is 5.73 Å². The van der Waals surface area contributed by atoms with E-state index in [0.29, 0.717) is 6.42 Å². The molecule has 0 saturated carbocycles. The summed E-state index contributed by atoms with van der Waals surface area (Å²) >= 11 is 0. The summed E-state index contributed by atoms with van der Waals surface area (Å²) in [5.41, 5.74) is 5.85. The zero-order chi connectivity index (χ0) is 15.1. The predicted molar refractivity (Wildman–Crippen MR) is 72.9 cm³/mol. The van der Waals surface area contributed by atoms with Gasteiger partial charge in [0.25, 0.3) is 0 Å². The quantitative estimate of drug-likeness (QED) is 0.761. The Balaban J connectivity index is 2.96. The summed E-state index contributed by atoms with van der Waals surface area (Å²) < 4.78 is 0. The number of hydrogen-bond acceptors (Lipinski definition) is 3. The molecule has 6 heteroatoms. The summed E-state index contributed by atoms with van der Waals surface area (Å²) in [4.78, 5) is 35.2. The molecule has 0 aliphatic carbocycles. The molecule has 0 radical (unpaired) electrons. The van der Waals surface area contributed by atoms with E-state index in [2.05, 4.69) is 0 Å². The molecule has 0 saturated heterocycles. The second kappa shape index (κ2) is 7.28. The minimum Gasteiger partial charge on any atom is -0.480 e. The van der Waals surface area contributed by atoms with Crippen molar-refractivity contribution in [3.63, 3.8) is 0 Å². The van der Waals surface area contributed by atoms with E-state index in [1.807, 2.05) is 13.0 Å². The third-order valence-electron chi connectivity index (χ3n) is 2.89. The molecule has 1 rings (SSSR count). The molecule has 0 heterocycles. The van der Waals surface area contributed by atoms with Crippen LogP contribution in [0, 0.1) is 0 Å².